The maximum atomic E-state index is 13.9. The van der Waals surface area contributed by atoms with Crippen LogP contribution < -0.4 is 9.75 Å². The number of non-ortho nitro benzene ring substituents is 1. The number of rotatable bonds is 5. The van der Waals surface area contributed by atoms with Gasteiger partial charge in [-0.1, -0.05) is 12.1 Å². The molecule has 0 bridgehead atoms. The minimum Gasteiger partial charge on any atom is -0.497 e. The normalized spacial score (nSPS) is 18.5. The summed E-state index contributed by atoms with van der Waals surface area (Å²) < 4.78 is 46.7. The molecule has 32 heavy (non-hydrogen) atoms. The first kappa shape index (κ1) is 21.7. The van der Waals surface area contributed by atoms with E-state index >= 15 is 0 Å². The van der Waals surface area contributed by atoms with Crippen LogP contribution in [-0.4, -0.2) is 39.7 Å². The lowest BCUT2D eigenvalue weighted by Gasteiger charge is -2.32. The molecule has 0 amide bonds. The monoisotopic (exact) mass is 464 g/mol. The molecule has 1 unspecified atom stereocenters. The molecule has 1 atom stereocenters. The fourth-order valence-electron chi connectivity index (χ4n) is 3.18. The number of hydrogen-bond acceptors (Lipinski definition) is 8. The molecule has 1 N–H and O–H groups in total. The second kappa shape index (κ2) is 7.88. The zero-order chi connectivity index (χ0) is 23.1. The first-order chi connectivity index (χ1) is 15.1. The highest BCUT2D eigenvalue weighted by atomic mass is 32.1. The summed E-state index contributed by atoms with van der Waals surface area (Å²) in [6.07, 6.45) is -5.82. The van der Waals surface area contributed by atoms with Crippen LogP contribution in [-0.2, 0) is 0 Å². The van der Waals surface area contributed by atoms with Gasteiger partial charge in [0.05, 0.1) is 29.9 Å². The van der Waals surface area contributed by atoms with E-state index in [2.05, 4.69) is 10.1 Å². The van der Waals surface area contributed by atoms with Crippen LogP contribution in [0, 0.1) is 10.1 Å². The zero-order valence-corrected chi connectivity index (χ0v) is 17.2. The summed E-state index contributed by atoms with van der Waals surface area (Å²) in [6.45, 7) is 0. The minimum atomic E-state index is -5.03. The number of nitrogens with zero attached hydrogens (tertiary/aromatic N) is 4. The molecule has 0 spiro atoms. The number of anilines is 1. The molecule has 0 aliphatic carbocycles. The highest BCUT2D eigenvalue weighted by Crippen LogP contribution is 2.45. The van der Waals surface area contributed by atoms with E-state index in [0.717, 1.165) is 11.3 Å². The molecule has 4 rings (SSSR count). The van der Waals surface area contributed by atoms with Crippen LogP contribution in [0.2, 0.25) is 0 Å². The lowest BCUT2D eigenvalue weighted by atomic mass is 10.0. The Labute approximate surface area is 183 Å². The third kappa shape index (κ3) is 3.78. The van der Waals surface area contributed by atoms with Crippen LogP contribution in [0.5, 0.6) is 5.75 Å². The molecule has 2 heterocycles. The van der Waals surface area contributed by atoms with Crippen molar-refractivity contribution in [3.05, 3.63) is 69.6 Å². The lowest BCUT2D eigenvalue weighted by Crippen LogP contribution is -2.55. The van der Waals surface area contributed by atoms with Crippen molar-refractivity contribution in [2.24, 2.45) is 5.10 Å². The van der Waals surface area contributed by atoms with Crippen LogP contribution in [0.1, 0.15) is 12.0 Å². The van der Waals surface area contributed by atoms with Crippen LogP contribution >= 0.6 is 11.3 Å². The Hall–Kier alpha value is -3.51. The quantitative estimate of drug-likeness (QED) is 0.438. The van der Waals surface area contributed by atoms with Gasteiger partial charge in [0, 0.05) is 23.1 Å². The number of nitro groups is 1. The first-order valence-corrected chi connectivity index (χ1v) is 10.0. The molecule has 1 aliphatic heterocycles. The van der Waals surface area contributed by atoms with Gasteiger partial charge >= 0.3 is 6.18 Å². The first-order valence-electron chi connectivity index (χ1n) is 9.14. The van der Waals surface area contributed by atoms with Gasteiger partial charge in [-0.2, -0.15) is 23.3 Å². The minimum absolute atomic E-state index is 0.0274. The van der Waals surface area contributed by atoms with Gasteiger partial charge in [0.2, 0.25) is 5.13 Å². The number of benzene rings is 2. The second-order valence-electron chi connectivity index (χ2n) is 6.90. The maximum Gasteiger partial charge on any atom is 0.438 e. The van der Waals surface area contributed by atoms with Crippen molar-refractivity contribution in [1.82, 2.24) is 4.98 Å². The Bertz CT molecular complexity index is 1200. The summed E-state index contributed by atoms with van der Waals surface area (Å²) in [4.78, 5) is 14.6. The molecule has 2 aromatic carbocycles. The molecule has 0 saturated carbocycles. The molecule has 1 aliphatic rings. The molecule has 166 valence electrons. The van der Waals surface area contributed by atoms with Gasteiger partial charge in [0.1, 0.15) is 5.75 Å². The largest absolute Gasteiger partial charge is 0.497 e. The SMILES string of the molecule is COc1ccc(C2=NN(c3nc(-c4cccc([N+](=O)[O-])c4)cs3)C(O)(C(F)(F)F)C2)cc1. The number of aliphatic hydroxyl groups is 1. The summed E-state index contributed by atoms with van der Waals surface area (Å²) >= 11 is 0.835. The number of thiazole rings is 1. The third-order valence-electron chi connectivity index (χ3n) is 4.89. The van der Waals surface area contributed by atoms with Crippen molar-refractivity contribution < 1.29 is 27.9 Å². The van der Waals surface area contributed by atoms with E-state index in [0.29, 0.717) is 21.9 Å². The van der Waals surface area contributed by atoms with Crippen LogP contribution in [0.25, 0.3) is 11.3 Å². The Morgan fingerprint density at radius 2 is 1.94 bits per heavy atom. The fourth-order valence-corrected chi connectivity index (χ4v) is 4.03. The van der Waals surface area contributed by atoms with Gasteiger partial charge in [0.15, 0.2) is 0 Å². The summed E-state index contributed by atoms with van der Waals surface area (Å²) in [5.74, 6) is 0.525. The van der Waals surface area contributed by atoms with E-state index in [4.69, 9.17) is 4.74 Å². The van der Waals surface area contributed by atoms with Gasteiger partial charge in [-0.15, -0.1) is 11.3 Å². The van der Waals surface area contributed by atoms with Gasteiger partial charge < -0.3 is 9.84 Å². The van der Waals surface area contributed by atoms with Crippen LogP contribution in [0.4, 0.5) is 24.0 Å². The average molecular weight is 464 g/mol. The molecule has 8 nitrogen and oxygen atoms in total. The van der Waals surface area contributed by atoms with Gasteiger partial charge in [-0.3, -0.25) is 10.1 Å². The summed E-state index contributed by atoms with van der Waals surface area (Å²) in [7, 11) is 1.47. The summed E-state index contributed by atoms with van der Waals surface area (Å²) in [6, 6.07) is 11.8. The Morgan fingerprint density at radius 1 is 1.22 bits per heavy atom. The standard InChI is InChI=1S/C20H15F3N4O4S/c1-31-15-7-5-12(6-8-15)16-10-19(28,20(21,22)23)26(25-16)18-24-17(11-32-18)13-3-2-4-14(9-13)27(29)30/h2-9,11,28H,10H2,1H3. The van der Waals surface area contributed by atoms with E-state index in [-0.39, 0.29) is 22.2 Å². The number of halogens is 3. The molecular formula is C20H15F3N4O4S. The van der Waals surface area contributed by atoms with Crippen LogP contribution in [0.3, 0.4) is 0 Å². The van der Waals surface area contributed by atoms with E-state index in [1.54, 1.807) is 30.3 Å². The van der Waals surface area contributed by atoms with Crippen molar-refractivity contribution >= 4 is 27.9 Å². The van der Waals surface area contributed by atoms with Gasteiger partial charge in [0.25, 0.3) is 11.4 Å². The van der Waals surface area contributed by atoms with Gasteiger partial charge in [-0.25, -0.2) is 4.98 Å². The average Bonchev–Trinajstić information content (AvgIpc) is 3.39. The molecule has 1 aromatic heterocycles. The zero-order valence-electron chi connectivity index (χ0n) is 16.4. The lowest BCUT2D eigenvalue weighted by molar-refractivity contribution is -0.384. The number of hydrogen-bond donors (Lipinski definition) is 1. The smallest absolute Gasteiger partial charge is 0.438 e. The fraction of sp³-hybridized carbons (Fsp3) is 0.200. The molecule has 3 aromatic rings. The van der Waals surface area contributed by atoms with E-state index in [9.17, 15) is 28.4 Å². The second-order valence-corrected chi connectivity index (χ2v) is 7.74. The summed E-state index contributed by atoms with van der Waals surface area (Å²) in [5.41, 5.74) is -2.46. The molecule has 0 fully saturated rings. The Balaban J connectivity index is 1.73. The van der Waals surface area contributed by atoms with E-state index < -0.39 is 23.2 Å². The molecule has 12 heteroatoms. The topological polar surface area (TPSA) is 101 Å². The Morgan fingerprint density at radius 3 is 2.56 bits per heavy atom. The number of alkyl halides is 3. The van der Waals surface area contributed by atoms with Crippen molar-refractivity contribution in [2.75, 3.05) is 12.1 Å². The number of nitro benzene ring substituents is 1. The van der Waals surface area contributed by atoms with E-state index in [1.807, 2.05) is 0 Å². The van der Waals surface area contributed by atoms with Gasteiger partial charge in [-0.05, 0) is 29.8 Å². The number of ether oxygens (including phenoxy) is 1. The number of methoxy groups -OCH3 is 1. The van der Waals surface area contributed by atoms with Crippen molar-refractivity contribution in [3.63, 3.8) is 0 Å². The maximum absolute atomic E-state index is 13.9. The molecule has 0 radical (unpaired) electrons. The highest BCUT2D eigenvalue weighted by Gasteiger charge is 2.62. The van der Waals surface area contributed by atoms with E-state index in [1.165, 1.54) is 30.7 Å². The predicted molar refractivity (Wildman–Crippen MR) is 112 cm³/mol. The van der Waals surface area contributed by atoms with Crippen molar-refractivity contribution in [2.45, 2.75) is 18.3 Å². The number of aromatic nitrogens is 1. The third-order valence-corrected chi connectivity index (χ3v) is 5.70. The van der Waals surface area contributed by atoms with Crippen molar-refractivity contribution in [3.8, 4) is 17.0 Å². The van der Waals surface area contributed by atoms with Crippen LogP contribution in [0.15, 0.2) is 59.0 Å². The predicted octanol–water partition coefficient (Wildman–Crippen LogP) is 4.59. The molecule has 0 saturated heterocycles. The molecular weight excluding hydrogens is 449 g/mol. The number of hydrazone groups is 1. The Kier molecular flexibility index (Phi) is 5.34. The highest BCUT2D eigenvalue weighted by molar-refractivity contribution is 7.14. The van der Waals surface area contributed by atoms with Crippen molar-refractivity contribution in [1.29, 1.82) is 0 Å². The summed E-state index contributed by atoms with van der Waals surface area (Å²) in [5, 5.41) is 27.4.